The Kier molecular flexibility index (Phi) is 6.94. The second kappa shape index (κ2) is 10.2. The zero-order chi connectivity index (χ0) is 22.3. The molecule has 0 radical (unpaired) electrons. The number of rotatable bonds is 6. The van der Waals surface area contributed by atoms with Gasteiger partial charge in [-0.05, 0) is 42.7 Å². The van der Waals surface area contributed by atoms with Gasteiger partial charge in [-0.3, -0.25) is 9.59 Å². The quantitative estimate of drug-likeness (QED) is 0.705. The van der Waals surface area contributed by atoms with Gasteiger partial charge in [-0.15, -0.1) is 0 Å². The highest BCUT2D eigenvalue weighted by Gasteiger charge is 2.24. The van der Waals surface area contributed by atoms with Gasteiger partial charge in [-0.2, -0.15) is 0 Å². The Hall–Kier alpha value is -3.48. The maximum Gasteiger partial charge on any atom is 0.244 e. The van der Waals surface area contributed by atoms with Crippen molar-refractivity contribution in [3.05, 3.63) is 59.7 Å². The molecule has 7 heteroatoms. The van der Waals surface area contributed by atoms with E-state index >= 15 is 0 Å². The third kappa shape index (κ3) is 5.41. The van der Waals surface area contributed by atoms with Gasteiger partial charge in [0.1, 0.15) is 19.0 Å². The van der Waals surface area contributed by atoms with E-state index in [-0.39, 0.29) is 17.9 Å². The number of ether oxygens (including phenoxy) is 3. The van der Waals surface area contributed by atoms with E-state index < -0.39 is 0 Å². The fourth-order valence-electron chi connectivity index (χ4n) is 3.98. The summed E-state index contributed by atoms with van der Waals surface area (Å²) >= 11 is 0. The van der Waals surface area contributed by atoms with Gasteiger partial charge in [0.2, 0.25) is 11.8 Å². The number of fused-ring (bicyclic) bond motifs is 1. The van der Waals surface area contributed by atoms with E-state index in [2.05, 4.69) is 5.32 Å². The van der Waals surface area contributed by atoms with Crippen molar-refractivity contribution in [2.75, 3.05) is 33.4 Å². The third-order valence-electron chi connectivity index (χ3n) is 5.72. The Balaban J connectivity index is 1.24. The van der Waals surface area contributed by atoms with Crippen molar-refractivity contribution in [3.63, 3.8) is 0 Å². The van der Waals surface area contributed by atoms with E-state index in [0.717, 1.165) is 35.5 Å². The number of carbonyl (C=O) groups is 2. The van der Waals surface area contributed by atoms with Crippen LogP contribution in [0.4, 0.5) is 0 Å². The molecule has 2 aromatic carbocycles. The van der Waals surface area contributed by atoms with Gasteiger partial charge in [0.05, 0.1) is 13.5 Å². The molecule has 1 saturated heterocycles. The summed E-state index contributed by atoms with van der Waals surface area (Å²) < 4.78 is 16.4. The van der Waals surface area contributed by atoms with Gasteiger partial charge in [0, 0.05) is 30.8 Å². The van der Waals surface area contributed by atoms with E-state index in [9.17, 15) is 9.59 Å². The number of methoxy groups -OCH3 is 1. The smallest absolute Gasteiger partial charge is 0.244 e. The summed E-state index contributed by atoms with van der Waals surface area (Å²) in [6.45, 7) is 2.34. The average molecular weight is 437 g/mol. The van der Waals surface area contributed by atoms with Crippen molar-refractivity contribution >= 4 is 17.9 Å². The van der Waals surface area contributed by atoms with Crippen molar-refractivity contribution in [2.24, 2.45) is 0 Å². The molecular weight excluding hydrogens is 408 g/mol. The van der Waals surface area contributed by atoms with Crippen LogP contribution in [0.2, 0.25) is 0 Å². The Bertz CT molecular complexity index is 996. The second-order valence-electron chi connectivity index (χ2n) is 7.89. The lowest BCUT2D eigenvalue weighted by atomic mass is 10.0. The highest BCUT2D eigenvalue weighted by Crippen LogP contribution is 2.31. The highest BCUT2D eigenvalue weighted by atomic mass is 16.6. The Morgan fingerprint density at radius 3 is 2.62 bits per heavy atom. The number of hydrogen-bond acceptors (Lipinski definition) is 5. The minimum Gasteiger partial charge on any atom is -0.496 e. The number of nitrogens with zero attached hydrogens (tertiary/aromatic N) is 1. The molecule has 0 spiro atoms. The van der Waals surface area contributed by atoms with Gasteiger partial charge in [0.15, 0.2) is 11.5 Å². The lowest BCUT2D eigenvalue weighted by Crippen LogP contribution is -2.46. The summed E-state index contributed by atoms with van der Waals surface area (Å²) in [4.78, 5) is 26.9. The Morgan fingerprint density at radius 2 is 1.84 bits per heavy atom. The fraction of sp³-hybridized carbons (Fsp3) is 0.360. The van der Waals surface area contributed by atoms with Crippen molar-refractivity contribution in [3.8, 4) is 17.2 Å². The number of piperidine rings is 1. The summed E-state index contributed by atoms with van der Waals surface area (Å²) in [6.07, 6.45) is 5.09. The van der Waals surface area contributed by atoms with Gasteiger partial charge in [0.25, 0.3) is 0 Å². The molecule has 32 heavy (non-hydrogen) atoms. The van der Waals surface area contributed by atoms with Crippen LogP contribution in [-0.2, 0) is 16.0 Å². The molecule has 2 aliphatic heterocycles. The normalized spacial score (nSPS) is 16.1. The molecule has 2 aliphatic rings. The zero-order valence-electron chi connectivity index (χ0n) is 18.2. The number of amides is 2. The molecule has 168 valence electrons. The molecule has 1 N–H and O–H groups in total. The van der Waals surface area contributed by atoms with Crippen molar-refractivity contribution in [2.45, 2.75) is 25.3 Å². The predicted molar refractivity (Wildman–Crippen MR) is 121 cm³/mol. The van der Waals surface area contributed by atoms with Crippen LogP contribution < -0.4 is 19.5 Å². The van der Waals surface area contributed by atoms with Crippen molar-refractivity contribution in [1.29, 1.82) is 0 Å². The maximum absolute atomic E-state index is 12.7. The van der Waals surface area contributed by atoms with Crippen LogP contribution in [0.15, 0.2) is 48.5 Å². The fourth-order valence-corrected chi connectivity index (χ4v) is 3.98. The lowest BCUT2D eigenvalue weighted by molar-refractivity contribution is -0.131. The molecule has 4 rings (SSSR count). The van der Waals surface area contributed by atoms with E-state index in [1.165, 1.54) is 6.08 Å². The summed E-state index contributed by atoms with van der Waals surface area (Å²) in [5, 5.41) is 3.04. The maximum atomic E-state index is 12.7. The average Bonchev–Trinajstić information content (AvgIpc) is 2.83. The van der Waals surface area contributed by atoms with Crippen LogP contribution in [0.5, 0.6) is 17.2 Å². The molecule has 0 aromatic heterocycles. The zero-order valence-corrected chi connectivity index (χ0v) is 18.2. The van der Waals surface area contributed by atoms with Crippen LogP contribution in [0.25, 0.3) is 6.08 Å². The minimum absolute atomic E-state index is 0.0581. The number of benzene rings is 2. The molecule has 7 nitrogen and oxygen atoms in total. The SMILES string of the molecule is COc1ccccc1CC(=O)N1CCC(NC(=O)/C=C/c2ccc3c(c2)OCCO3)CC1. The number of likely N-dealkylation sites (tertiary alicyclic amines) is 1. The second-order valence-corrected chi connectivity index (χ2v) is 7.89. The number of nitrogens with one attached hydrogen (secondary N) is 1. The first-order chi connectivity index (χ1) is 15.6. The number of hydrogen-bond donors (Lipinski definition) is 1. The molecule has 0 atom stereocenters. The number of para-hydroxylation sites is 1. The first-order valence-corrected chi connectivity index (χ1v) is 10.9. The standard InChI is InChI=1S/C25H28N2O5/c1-30-21-5-3-2-4-19(21)17-25(29)27-12-10-20(11-13-27)26-24(28)9-7-18-6-8-22-23(16-18)32-15-14-31-22/h2-9,16,20H,10-15,17H2,1H3,(H,26,28)/b9-7+. The van der Waals surface area contributed by atoms with Crippen LogP contribution in [0, 0.1) is 0 Å². The molecular formula is C25H28N2O5. The van der Waals surface area contributed by atoms with Crippen LogP contribution in [0.3, 0.4) is 0 Å². The van der Waals surface area contributed by atoms with Gasteiger partial charge < -0.3 is 24.4 Å². The topological polar surface area (TPSA) is 77.1 Å². The highest BCUT2D eigenvalue weighted by molar-refractivity contribution is 5.92. The van der Waals surface area contributed by atoms with Crippen LogP contribution >= 0.6 is 0 Å². The minimum atomic E-state index is -0.140. The summed E-state index contributed by atoms with van der Waals surface area (Å²) in [7, 11) is 1.61. The van der Waals surface area contributed by atoms with Crippen LogP contribution in [0.1, 0.15) is 24.0 Å². The lowest BCUT2D eigenvalue weighted by Gasteiger charge is -2.32. The van der Waals surface area contributed by atoms with E-state index in [4.69, 9.17) is 14.2 Å². The van der Waals surface area contributed by atoms with Crippen molar-refractivity contribution < 1.29 is 23.8 Å². The first-order valence-electron chi connectivity index (χ1n) is 10.9. The van der Waals surface area contributed by atoms with Gasteiger partial charge in [-0.1, -0.05) is 24.3 Å². The summed E-state index contributed by atoms with van der Waals surface area (Å²) in [6, 6.07) is 13.2. The summed E-state index contributed by atoms with van der Waals surface area (Å²) in [5.74, 6) is 2.10. The monoisotopic (exact) mass is 436 g/mol. The molecule has 2 heterocycles. The Morgan fingerprint density at radius 1 is 1.09 bits per heavy atom. The van der Waals surface area contributed by atoms with Gasteiger partial charge >= 0.3 is 0 Å². The molecule has 0 saturated carbocycles. The molecule has 2 amide bonds. The van der Waals surface area contributed by atoms with Crippen LogP contribution in [-0.4, -0.2) is 56.2 Å². The predicted octanol–water partition coefficient (Wildman–Crippen LogP) is 2.83. The third-order valence-corrected chi connectivity index (χ3v) is 5.72. The molecule has 0 bridgehead atoms. The molecule has 2 aromatic rings. The van der Waals surface area contributed by atoms with Gasteiger partial charge in [-0.25, -0.2) is 0 Å². The summed E-state index contributed by atoms with van der Waals surface area (Å²) in [5.41, 5.74) is 1.76. The van der Waals surface area contributed by atoms with E-state index in [1.54, 1.807) is 13.2 Å². The van der Waals surface area contributed by atoms with E-state index in [1.807, 2.05) is 47.4 Å². The molecule has 0 aliphatic carbocycles. The number of carbonyl (C=O) groups excluding carboxylic acids is 2. The molecule has 0 unspecified atom stereocenters. The Labute approximate surface area is 188 Å². The first kappa shape index (κ1) is 21.7. The molecule has 1 fully saturated rings. The largest absolute Gasteiger partial charge is 0.496 e. The van der Waals surface area contributed by atoms with Crippen molar-refractivity contribution in [1.82, 2.24) is 10.2 Å². The van der Waals surface area contributed by atoms with E-state index in [0.29, 0.717) is 38.5 Å².